The summed E-state index contributed by atoms with van der Waals surface area (Å²) < 4.78 is 39.6. The Bertz CT molecular complexity index is 983. The van der Waals surface area contributed by atoms with Crippen LogP contribution in [0, 0.1) is 0 Å². The third-order valence-electron chi connectivity index (χ3n) is 3.73. The van der Waals surface area contributed by atoms with Gasteiger partial charge in [-0.25, -0.2) is 8.42 Å². The smallest absolute Gasteiger partial charge is 0.265 e. The summed E-state index contributed by atoms with van der Waals surface area (Å²) in [6.45, 7) is 1.85. The zero-order chi connectivity index (χ0) is 18.6. The second kappa shape index (κ2) is 8.09. The van der Waals surface area contributed by atoms with Gasteiger partial charge in [0.2, 0.25) is 0 Å². The van der Waals surface area contributed by atoms with E-state index in [1.54, 1.807) is 25.4 Å². The van der Waals surface area contributed by atoms with Crippen molar-refractivity contribution in [2.75, 3.05) is 31.7 Å². The molecule has 26 heavy (non-hydrogen) atoms. The van der Waals surface area contributed by atoms with E-state index in [9.17, 15) is 8.42 Å². The molecule has 8 nitrogen and oxygen atoms in total. The molecule has 0 unspecified atom stereocenters. The van der Waals surface area contributed by atoms with E-state index in [1.165, 1.54) is 17.1 Å². The molecule has 2 N–H and O–H groups in total. The van der Waals surface area contributed by atoms with Crippen molar-refractivity contribution in [3.63, 3.8) is 0 Å². The third-order valence-corrected chi connectivity index (χ3v) is 5.36. The number of hydrogen-bond donors (Lipinski definition) is 2. The van der Waals surface area contributed by atoms with Gasteiger partial charge in [-0.2, -0.15) is 5.10 Å². The van der Waals surface area contributed by atoms with Gasteiger partial charge in [-0.1, -0.05) is 23.7 Å². The fourth-order valence-corrected chi connectivity index (χ4v) is 3.65. The topological polar surface area (TPSA) is 98.2 Å². The van der Waals surface area contributed by atoms with Crippen molar-refractivity contribution in [3.05, 3.63) is 41.8 Å². The first-order chi connectivity index (χ1) is 12.5. The zero-order valence-corrected chi connectivity index (χ0v) is 15.7. The molecule has 0 spiro atoms. The predicted molar refractivity (Wildman–Crippen MR) is 99.0 cm³/mol. The molecule has 0 aliphatic heterocycles. The number of halogens is 1. The minimum Gasteiger partial charge on any atom is -0.382 e. The van der Waals surface area contributed by atoms with Gasteiger partial charge in [-0.15, -0.1) is 0 Å². The van der Waals surface area contributed by atoms with Crippen molar-refractivity contribution >= 4 is 38.2 Å². The number of sulfonamides is 1. The summed E-state index contributed by atoms with van der Waals surface area (Å²) >= 11 is 6.07. The van der Waals surface area contributed by atoms with Gasteiger partial charge in [-0.05, 0) is 6.07 Å². The standard InChI is InChI=1S/C16H19ClN4O4S/c1-24-7-8-25-6-5-21-11-12(9-19-21)26(22,23)20-15-4-2-3-13-14(17)10-18-16(13)15/h2-4,9-11,18,20H,5-8H2,1H3. The molecule has 2 aromatic heterocycles. The Balaban J connectivity index is 1.70. The summed E-state index contributed by atoms with van der Waals surface area (Å²) in [4.78, 5) is 3.05. The summed E-state index contributed by atoms with van der Waals surface area (Å²) in [5.41, 5.74) is 1.05. The summed E-state index contributed by atoms with van der Waals surface area (Å²) in [6, 6.07) is 5.22. The van der Waals surface area contributed by atoms with E-state index in [-0.39, 0.29) is 4.90 Å². The average molecular weight is 399 g/mol. The second-order valence-electron chi connectivity index (χ2n) is 5.51. The summed E-state index contributed by atoms with van der Waals surface area (Å²) in [5, 5.41) is 5.34. The fourth-order valence-electron chi connectivity index (χ4n) is 2.42. The van der Waals surface area contributed by atoms with Gasteiger partial charge in [0.25, 0.3) is 10.0 Å². The minimum absolute atomic E-state index is 0.0732. The maximum Gasteiger partial charge on any atom is 0.265 e. The lowest BCUT2D eigenvalue weighted by molar-refractivity contribution is 0.0654. The van der Waals surface area contributed by atoms with Gasteiger partial charge in [0, 0.05) is 24.9 Å². The Morgan fingerprint density at radius 3 is 2.96 bits per heavy atom. The second-order valence-corrected chi connectivity index (χ2v) is 7.60. The van der Waals surface area contributed by atoms with Gasteiger partial charge in [-0.3, -0.25) is 9.40 Å². The van der Waals surface area contributed by atoms with Crippen LogP contribution in [-0.2, 0) is 26.0 Å². The van der Waals surface area contributed by atoms with Crippen molar-refractivity contribution in [3.8, 4) is 0 Å². The van der Waals surface area contributed by atoms with Gasteiger partial charge < -0.3 is 14.5 Å². The number of hydrogen-bond acceptors (Lipinski definition) is 5. The number of ether oxygens (including phenoxy) is 2. The highest BCUT2D eigenvalue weighted by atomic mass is 35.5. The van der Waals surface area contributed by atoms with Crippen LogP contribution in [-0.4, -0.2) is 50.1 Å². The number of anilines is 1. The van der Waals surface area contributed by atoms with Crippen molar-refractivity contribution in [2.24, 2.45) is 0 Å². The van der Waals surface area contributed by atoms with Crippen molar-refractivity contribution in [1.29, 1.82) is 0 Å². The summed E-state index contributed by atoms with van der Waals surface area (Å²) in [6.07, 6.45) is 4.38. The molecule has 140 valence electrons. The van der Waals surface area contributed by atoms with Crippen LogP contribution in [0.3, 0.4) is 0 Å². The zero-order valence-electron chi connectivity index (χ0n) is 14.1. The number of H-pyrrole nitrogens is 1. The molecule has 1 aromatic carbocycles. The van der Waals surface area contributed by atoms with Crippen LogP contribution in [0.25, 0.3) is 10.9 Å². The van der Waals surface area contributed by atoms with Gasteiger partial charge in [0.1, 0.15) is 4.90 Å². The van der Waals surface area contributed by atoms with Crippen LogP contribution < -0.4 is 4.72 Å². The van der Waals surface area contributed by atoms with E-state index in [4.69, 9.17) is 21.1 Å². The molecular formula is C16H19ClN4O4S. The Morgan fingerprint density at radius 2 is 2.15 bits per heavy atom. The average Bonchev–Trinajstić information content (AvgIpc) is 3.23. The largest absolute Gasteiger partial charge is 0.382 e. The van der Waals surface area contributed by atoms with Gasteiger partial charge in [0.05, 0.1) is 48.8 Å². The molecule has 3 rings (SSSR count). The minimum atomic E-state index is -3.77. The molecule has 10 heteroatoms. The molecule has 0 saturated heterocycles. The number of aromatic amines is 1. The van der Waals surface area contributed by atoms with Crippen LogP contribution in [0.5, 0.6) is 0 Å². The normalized spacial score (nSPS) is 11.9. The Hall–Kier alpha value is -2.07. The first-order valence-electron chi connectivity index (χ1n) is 7.89. The van der Waals surface area contributed by atoms with E-state index in [0.717, 1.165) is 5.39 Å². The number of para-hydroxylation sites is 1. The highest BCUT2D eigenvalue weighted by Gasteiger charge is 2.18. The molecule has 3 aromatic rings. The van der Waals surface area contributed by atoms with Gasteiger partial charge >= 0.3 is 0 Å². The molecule has 0 aliphatic carbocycles. The Morgan fingerprint density at radius 1 is 1.31 bits per heavy atom. The number of aromatic nitrogens is 3. The molecule has 0 bridgehead atoms. The number of rotatable bonds is 9. The molecule has 0 saturated carbocycles. The molecular weight excluding hydrogens is 380 g/mol. The van der Waals surface area contributed by atoms with Crippen LogP contribution in [0.4, 0.5) is 5.69 Å². The first kappa shape index (κ1) is 18.7. The van der Waals surface area contributed by atoms with Crippen molar-refractivity contribution < 1.29 is 17.9 Å². The number of nitrogens with one attached hydrogen (secondary N) is 2. The highest BCUT2D eigenvalue weighted by Crippen LogP contribution is 2.29. The lowest BCUT2D eigenvalue weighted by Gasteiger charge is -2.07. The SMILES string of the molecule is COCCOCCn1cc(S(=O)(=O)Nc2cccc3c(Cl)c[nH]c23)cn1. The molecule has 0 radical (unpaired) electrons. The summed E-state index contributed by atoms with van der Waals surface area (Å²) in [5.74, 6) is 0. The van der Waals surface area contributed by atoms with Crippen LogP contribution in [0.2, 0.25) is 5.02 Å². The van der Waals surface area contributed by atoms with E-state index in [2.05, 4.69) is 14.8 Å². The molecule has 0 amide bonds. The fraction of sp³-hybridized carbons (Fsp3) is 0.312. The Kier molecular flexibility index (Phi) is 5.82. The van der Waals surface area contributed by atoms with Crippen LogP contribution in [0.1, 0.15) is 0 Å². The summed E-state index contributed by atoms with van der Waals surface area (Å²) in [7, 11) is -2.17. The number of benzene rings is 1. The number of methoxy groups -OCH3 is 1. The van der Waals surface area contributed by atoms with E-state index in [1.807, 2.05) is 6.07 Å². The van der Waals surface area contributed by atoms with Crippen LogP contribution >= 0.6 is 11.6 Å². The van der Waals surface area contributed by atoms with Crippen LogP contribution in [0.15, 0.2) is 41.7 Å². The maximum absolute atomic E-state index is 12.6. The third kappa shape index (κ3) is 4.18. The van der Waals surface area contributed by atoms with E-state index < -0.39 is 10.0 Å². The molecule has 2 heterocycles. The van der Waals surface area contributed by atoms with E-state index in [0.29, 0.717) is 42.6 Å². The van der Waals surface area contributed by atoms with E-state index >= 15 is 0 Å². The van der Waals surface area contributed by atoms with Crippen molar-refractivity contribution in [2.45, 2.75) is 11.4 Å². The van der Waals surface area contributed by atoms with Crippen molar-refractivity contribution in [1.82, 2.24) is 14.8 Å². The molecule has 0 aliphatic rings. The lowest BCUT2D eigenvalue weighted by Crippen LogP contribution is -2.13. The highest BCUT2D eigenvalue weighted by molar-refractivity contribution is 7.92. The maximum atomic E-state index is 12.6. The predicted octanol–water partition coefficient (Wildman–Crippen LogP) is 2.48. The monoisotopic (exact) mass is 398 g/mol. The Labute approximate surface area is 156 Å². The number of nitrogens with zero attached hydrogens (tertiary/aromatic N) is 2. The quantitative estimate of drug-likeness (QED) is 0.539. The molecule has 0 atom stereocenters. The first-order valence-corrected chi connectivity index (χ1v) is 9.75. The van der Waals surface area contributed by atoms with Gasteiger partial charge in [0.15, 0.2) is 0 Å². The lowest BCUT2D eigenvalue weighted by atomic mass is 10.2. The molecule has 0 fully saturated rings. The number of fused-ring (bicyclic) bond motifs is 1.